The van der Waals surface area contributed by atoms with E-state index < -0.39 is 22.0 Å². The molecule has 0 spiro atoms. The molecule has 2 aliphatic rings. The van der Waals surface area contributed by atoms with Crippen LogP contribution in [0.5, 0.6) is 0 Å². The van der Waals surface area contributed by atoms with Gasteiger partial charge in [0, 0.05) is 22.4 Å². The van der Waals surface area contributed by atoms with E-state index in [1.807, 2.05) is 20.8 Å². The quantitative estimate of drug-likeness (QED) is 0.796. The molecule has 0 heterocycles. The number of thioether (sulfide) groups is 1. The number of halogens is 2. The molecule has 0 aliphatic heterocycles. The van der Waals surface area contributed by atoms with Gasteiger partial charge >= 0.3 is 0 Å². The fourth-order valence-corrected chi connectivity index (χ4v) is 4.83. The van der Waals surface area contributed by atoms with Crippen LogP contribution in [0.2, 0.25) is 0 Å². The first-order valence-electron chi connectivity index (χ1n) is 8.02. The van der Waals surface area contributed by atoms with Gasteiger partial charge in [0.15, 0.2) is 0 Å². The molecule has 6 heteroatoms. The topological polar surface area (TPSA) is 46.2 Å². The molecule has 0 saturated heterocycles. The number of carbonyl (C=O) groups excluding carboxylic acids is 2. The van der Waals surface area contributed by atoms with Crippen LogP contribution in [0.1, 0.15) is 40.0 Å². The third-order valence-electron chi connectivity index (χ3n) is 6.48. The summed E-state index contributed by atoms with van der Waals surface area (Å²) in [6.07, 6.45) is 1.71. The number of nitrogens with one attached hydrogen (secondary N) is 1. The second-order valence-electron chi connectivity index (χ2n) is 7.50. The third-order valence-corrected chi connectivity index (χ3v) is 7.20. The molecule has 2 saturated carbocycles. The van der Waals surface area contributed by atoms with Crippen LogP contribution in [0, 0.1) is 16.2 Å². The number of hydrogen-bond donors (Lipinski definition) is 1. The Balaban J connectivity index is 1.79. The van der Waals surface area contributed by atoms with Crippen molar-refractivity contribution in [1.29, 1.82) is 0 Å². The van der Waals surface area contributed by atoms with Gasteiger partial charge in [-0.2, -0.15) is 8.78 Å². The van der Waals surface area contributed by atoms with Crippen molar-refractivity contribution in [1.82, 2.24) is 0 Å². The molecule has 0 unspecified atom stereocenters. The normalized spacial score (nSPS) is 30.8. The maximum Gasteiger partial charge on any atom is 0.288 e. The van der Waals surface area contributed by atoms with Crippen molar-refractivity contribution in [3.63, 3.8) is 0 Å². The zero-order valence-electron chi connectivity index (χ0n) is 14.0. The molecule has 0 aromatic heterocycles. The SMILES string of the molecule is CC1(C)[C@]2(C(=O)Nc3ccc(SC(F)F)cc3)CC[C@]1(C)C(=O)C2. The number of rotatable bonds is 4. The molecule has 2 aliphatic carbocycles. The molecule has 2 fully saturated rings. The minimum Gasteiger partial charge on any atom is -0.326 e. The van der Waals surface area contributed by atoms with E-state index in [0.717, 1.165) is 6.42 Å². The lowest BCUT2D eigenvalue weighted by atomic mass is 9.64. The summed E-state index contributed by atoms with van der Waals surface area (Å²) in [4.78, 5) is 25.9. The Morgan fingerprint density at radius 1 is 1.17 bits per heavy atom. The number of carbonyl (C=O) groups is 2. The second-order valence-corrected chi connectivity index (χ2v) is 8.56. The van der Waals surface area contributed by atoms with Crippen LogP contribution in [0.3, 0.4) is 0 Å². The number of amides is 1. The van der Waals surface area contributed by atoms with Gasteiger partial charge in [0.05, 0.1) is 5.41 Å². The van der Waals surface area contributed by atoms with Crippen LogP contribution < -0.4 is 5.32 Å². The molecule has 3 nitrogen and oxygen atoms in total. The lowest BCUT2D eigenvalue weighted by Gasteiger charge is -2.38. The van der Waals surface area contributed by atoms with Crippen LogP contribution in [-0.4, -0.2) is 17.4 Å². The number of ketones is 1. The van der Waals surface area contributed by atoms with E-state index in [-0.39, 0.29) is 18.1 Å². The molecule has 1 amide bonds. The molecule has 1 aromatic carbocycles. The minimum atomic E-state index is -2.47. The smallest absolute Gasteiger partial charge is 0.288 e. The van der Waals surface area contributed by atoms with Crippen molar-refractivity contribution >= 4 is 29.1 Å². The number of anilines is 1. The summed E-state index contributed by atoms with van der Waals surface area (Å²) in [6.45, 7) is 5.98. The standard InChI is InChI=1S/C18H21F2NO2S/c1-16(2)17(3)8-9-18(16,10-13(17)22)14(23)21-11-4-6-12(7-5-11)24-15(19)20/h4-7,15H,8-10H2,1-3H3,(H,21,23)/t17-,18-/m1/s1. The predicted molar refractivity (Wildman–Crippen MR) is 90.1 cm³/mol. The van der Waals surface area contributed by atoms with Crippen molar-refractivity contribution in [3.8, 4) is 0 Å². The van der Waals surface area contributed by atoms with E-state index in [2.05, 4.69) is 5.32 Å². The Morgan fingerprint density at radius 3 is 2.25 bits per heavy atom. The zero-order chi connectivity index (χ0) is 17.8. The van der Waals surface area contributed by atoms with Gasteiger partial charge in [-0.3, -0.25) is 9.59 Å². The van der Waals surface area contributed by atoms with Crippen molar-refractivity contribution < 1.29 is 18.4 Å². The molecule has 2 bridgehead atoms. The van der Waals surface area contributed by atoms with Gasteiger partial charge in [0.2, 0.25) is 5.91 Å². The van der Waals surface area contributed by atoms with Gasteiger partial charge in [-0.05, 0) is 42.5 Å². The first-order chi connectivity index (χ1) is 11.1. The van der Waals surface area contributed by atoms with Crippen molar-refractivity contribution in [2.45, 2.75) is 50.7 Å². The lowest BCUT2D eigenvalue weighted by molar-refractivity contribution is -0.131. The number of alkyl halides is 2. The Morgan fingerprint density at radius 2 is 1.79 bits per heavy atom. The monoisotopic (exact) mass is 353 g/mol. The van der Waals surface area contributed by atoms with Crippen molar-refractivity contribution in [3.05, 3.63) is 24.3 Å². The average Bonchev–Trinajstić information content (AvgIpc) is 2.79. The maximum absolute atomic E-state index is 13.0. The summed E-state index contributed by atoms with van der Waals surface area (Å²) in [7, 11) is 0. The number of hydrogen-bond acceptors (Lipinski definition) is 3. The van der Waals surface area contributed by atoms with E-state index in [4.69, 9.17) is 0 Å². The third kappa shape index (κ3) is 2.30. The summed E-state index contributed by atoms with van der Waals surface area (Å²) in [5.74, 6) is -2.44. The highest BCUT2D eigenvalue weighted by Gasteiger charge is 2.72. The fourth-order valence-electron chi connectivity index (χ4n) is 4.33. The van der Waals surface area contributed by atoms with Crippen LogP contribution in [0.15, 0.2) is 29.2 Å². The van der Waals surface area contributed by atoms with Crippen molar-refractivity contribution in [2.75, 3.05) is 5.32 Å². The molecule has 130 valence electrons. The Bertz CT molecular complexity index is 689. The zero-order valence-corrected chi connectivity index (χ0v) is 14.8. The fraction of sp³-hybridized carbons (Fsp3) is 0.556. The highest BCUT2D eigenvalue weighted by molar-refractivity contribution is 7.99. The predicted octanol–water partition coefficient (Wildman–Crippen LogP) is 4.73. The number of fused-ring (bicyclic) bond motifs is 2. The number of benzene rings is 1. The highest BCUT2D eigenvalue weighted by Crippen LogP contribution is 2.70. The summed E-state index contributed by atoms with van der Waals surface area (Å²) in [5, 5.41) is 2.89. The average molecular weight is 353 g/mol. The first kappa shape index (κ1) is 17.4. The van der Waals surface area contributed by atoms with Gasteiger partial charge in [-0.15, -0.1) is 0 Å². The number of Topliss-reactive ketones (excluding diaryl/α,β-unsaturated/α-hetero) is 1. The largest absolute Gasteiger partial charge is 0.326 e. The molecule has 3 rings (SSSR count). The van der Waals surface area contributed by atoms with E-state index in [9.17, 15) is 18.4 Å². The summed E-state index contributed by atoms with van der Waals surface area (Å²) in [5.41, 5.74) is -0.957. The van der Waals surface area contributed by atoms with Gasteiger partial charge in [0.1, 0.15) is 5.78 Å². The molecular formula is C18H21F2NO2S. The van der Waals surface area contributed by atoms with Gasteiger partial charge in [-0.25, -0.2) is 0 Å². The van der Waals surface area contributed by atoms with Crippen molar-refractivity contribution in [2.24, 2.45) is 16.2 Å². The lowest BCUT2D eigenvalue weighted by Crippen LogP contribution is -2.43. The van der Waals surface area contributed by atoms with Crippen LogP contribution >= 0.6 is 11.8 Å². The van der Waals surface area contributed by atoms with E-state index in [0.29, 0.717) is 28.8 Å². The Hall–Kier alpha value is -1.43. The molecular weight excluding hydrogens is 332 g/mol. The van der Waals surface area contributed by atoms with Gasteiger partial charge in [-0.1, -0.05) is 32.5 Å². The second kappa shape index (κ2) is 5.55. The Kier molecular flexibility index (Phi) is 4.02. The van der Waals surface area contributed by atoms with E-state index in [1.165, 1.54) is 0 Å². The molecule has 1 aromatic rings. The minimum absolute atomic E-state index is 0.142. The van der Waals surface area contributed by atoms with Crippen LogP contribution in [-0.2, 0) is 9.59 Å². The summed E-state index contributed by atoms with van der Waals surface area (Å²) < 4.78 is 24.7. The molecule has 2 atom stereocenters. The van der Waals surface area contributed by atoms with E-state index in [1.54, 1.807) is 24.3 Å². The highest BCUT2D eigenvalue weighted by atomic mass is 32.2. The van der Waals surface area contributed by atoms with Crippen LogP contribution in [0.25, 0.3) is 0 Å². The van der Waals surface area contributed by atoms with Crippen LogP contribution in [0.4, 0.5) is 14.5 Å². The molecule has 24 heavy (non-hydrogen) atoms. The molecule has 0 radical (unpaired) electrons. The first-order valence-corrected chi connectivity index (χ1v) is 8.90. The van der Waals surface area contributed by atoms with Gasteiger partial charge in [0.25, 0.3) is 5.76 Å². The molecule has 1 N–H and O–H groups in total. The maximum atomic E-state index is 13.0. The summed E-state index contributed by atoms with van der Waals surface area (Å²) >= 11 is 0.471. The van der Waals surface area contributed by atoms with Gasteiger partial charge < -0.3 is 5.32 Å². The summed E-state index contributed by atoms with van der Waals surface area (Å²) in [6, 6.07) is 6.37. The van der Waals surface area contributed by atoms with E-state index >= 15 is 0 Å². The Labute approximate surface area is 144 Å².